The standard InChI is InChI=1S/C17H17NO/c1-2-17(18,19)16-14-9-5-3-7-12(14)11-13-8-4-6-10-15(13)16/h3-11,19H,2,18H2,1H3. The molecule has 3 aromatic rings. The van der Waals surface area contributed by atoms with Crippen LogP contribution >= 0.6 is 0 Å². The van der Waals surface area contributed by atoms with E-state index in [1.54, 1.807) is 0 Å². The van der Waals surface area contributed by atoms with E-state index in [4.69, 9.17) is 5.73 Å². The molecule has 2 nitrogen and oxygen atoms in total. The molecule has 19 heavy (non-hydrogen) atoms. The van der Waals surface area contributed by atoms with Crippen LogP contribution in [0.25, 0.3) is 21.5 Å². The van der Waals surface area contributed by atoms with Gasteiger partial charge in [0.05, 0.1) is 0 Å². The average Bonchev–Trinajstić information content (AvgIpc) is 2.44. The molecule has 0 aromatic heterocycles. The molecule has 3 aromatic carbocycles. The highest BCUT2D eigenvalue weighted by molar-refractivity contribution is 6.02. The fraction of sp³-hybridized carbons (Fsp3) is 0.176. The van der Waals surface area contributed by atoms with Crippen LogP contribution in [0, 0.1) is 0 Å². The van der Waals surface area contributed by atoms with Gasteiger partial charge in [-0.2, -0.15) is 0 Å². The second-order valence-electron chi connectivity index (χ2n) is 4.97. The van der Waals surface area contributed by atoms with E-state index < -0.39 is 5.72 Å². The van der Waals surface area contributed by atoms with Gasteiger partial charge in [0.2, 0.25) is 0 Å². The summed E-state index contributed by atoms with van der Waals surface area (Å²) >= 11 is 0. The lowest BCUT2D eigenvalue weighted by Gasteiger charge is -2.25. The van der Waals surface area contributed by atoms with Gasteiger partial charge in [-0.1, -0.05) is 55.5 Å². The Morgan fingerprint density at radius 2 is 1.42 bits per heavy atom. The highest BCUT2D eigenvalue weighted by Crippen LogP contribution is 2.34. The Balaban J connectivity index is 2.54. The van der Waals surface area contributed by atoms with E-state index in [1.807, 2.05) is 43.3 Å². The van der Waals surface area contributed by atoms with E-state index in [-0.39, 0.29) is 0 Å². The topological polar surface area (TPSA) is 46.2 Å². The second kappa shape index (κ2) is 4.34. The predicted molar refractivity (Wildman–Crippen MR) is 79.8 cm³/mol. The Hall–Kier alpha value is -1.90. The third-order valence-electron chi connectivity index (χ3n) is 3.74. The van der Waals surface area contributed by atoms with Crippen molar-refractivity contribution in [3.8, 4) is 0 Å². The number of hydrogen-bond donors (Lipinski definition) is 2. The average molecular weight is 251 g/mol. The van der Waals surface area contributed by atoms with Crippen molar-refractivity contribution in [3.05, 3.63) is 60.2 Å². The van der Waals surface area contributed by atoms with Crippen molar-refractivity contribution in [1.29, 1.82) is 0 Å². The van der Waals surface area contributed by atoms with Gasteiger partial charge in [-0.3, -0.25) is 5.73 Å². The Kier molecular flexibility index (Phi) is 2.77. The van der Waals surface area contributed by atoms with Crippen LogP contribution in [0.2, 0.25) is 0 Å². The maximum atomic E-state index is 10.6. The predicted octanol–water partition coefficient (Wildman–Crippen LogP) is 3.51. The maximum Gasteiger partial charge on any atom is 0.140 e. The van der Waals surface area contributed by atoms with Crippen LogP contribution in [0.4, 0.5) is 0 Å². The van der Waals surface area contributed by atoms with Crippen LogP contribution < -0.4 is 5.73 Å². The first-order valence-corrected chi connectivity index (χ1v) is 6.55. The first kappa shape index (κ1) is 12.2. The first-order chi connectivity index (χ1) is 9.13. The number of hydrogen-bond acceptors (Lipinski definition) is 2. The molecule has 0 aliphatic carbocycles. The minimum Gasteiger partial charge on any atom is -0.372 e. The quantitative estimate of drug-likeness (QED) is 0.541. The Bertz CT molecular complexity index is 692. The van der Waals surface area contributed by atoms with Crippen molar-refractivity contribution in [2.75, 3.05) is 0 Å². The molecule has 0 saturated heterocycles. The van der Waals surface area contributed by atoms with Crippen molar-refractivity contribution in [2.45, 2.75) is 19.1 Å². The van der Waals surface area contributed by atoms with Crippen molar-refractivity contribution < 1.29 is 5.11 Å². The van der Waals surface area contributed by atoms with Gasteiger partial charge in [0, 0.05) is 5.56 Å². The van der Waals surface area contributed by atoms with Gasteiger partial charge in [0.15, 0.2) is 0 Å². The van der Waals surface area contributed by atoms with E-state index in [2.05, 4.69) is 18.2 Å². The van der Waals surface area contributed by atoms with Gasteiger partial charge < -0.3 is 5.11 Å². The van der Waals surface area contributed by atoms with E-state index in [1.165, 1.54) is 0 Å². The number of benzene rings is 3. The summed E-state index contributed by atoms with van der Waals surface area (Å²) in [6, 6.07) is 18.2. The lowest BCUT2D eigenvalue weighted by molar-refractivity contribution is 0.0425. The van der Waals surface area contributed by atoms with Crippen LogP contribution in [0.1, 0.15) is 18.9 Å². The minimum atomic E-state index is -1.31. The van der Waals surface area contributed by atoms with Crippen molar-refractivity contribution in [2.24, 2.45) is 5.73 Å². The number of nitrogens with two attached hydrogens (primary N) is 1. The zero-order valence-electron chi connectivity index (χ0n) is 10.9. The monoisotopic (exact) mass is 251 g/mol. The molecule has 96 valence electrons. The summed E-state index contributed by atoms with van der Waals surface area (Å²) in [5.41, 5.74) is 5.64. The molecule has 0 bridgehead atoms. The molecule has 1 atom stereocenters. The number of aliphatic hydroxyl groups is 1. The lowest BCUT2D eigenvalue weighted by atomic mass is 9.89. The van der Waals surface area contributed by atoms with Crippen LogP contribution in [0.15, 0.2) is 54.6 Å². The molecule has 2 heteroatoms. The molecule has 0 amide bonds. The molecule has 0 fully saturated rings. The van der Waals surface area contributed by atoms with Crippen molar-refractivity contribution in [1.82, 2.24) is 0 Å². The molecule has 0 heterocycles. The first-order valence-electron chi connectivity index (χ1n) is 6.55. The van der Waals surface area contributed by atoms with Crippen LogP contribution in [0.3, 0.4) is 0 Å². The van der Waals surface area contributed by atoms with Crippen LogP contribution in [-0.2, 0) is 5.72 Å². The smallest absolute Gasteiger partial charge is 0.140 e. The molecule has 0 saturated carbocycles. The van der Waals surface area contributed by atoms with Crippen molar-refractivity contribution in [3.63, 3.8) is 0 Å². The Labute approximate surface area is 112 Å². The second-order valence-corrected chi connectivity index (χ2v) is 4.97. The van der Waals surface area contributed by atoms with E-state index in [0.29, 0.717) is 6.42 Å². The summed E-state index contributed by atoms with van der Waals surface area (Å²) in [7, 11) is 0. The molecule has 0 aliphatic rings. The molecule has 3 rings (SSSR count). The molecular weight excluding hydrogens is 234 g/mol. The van der Waals surface area contributed by atoms with E-state index >= 15 is 0 Å². The van der Waals surface area contributed by atoms with Gasteiger partial charge in [0.1, 0.15) is 5.72 Å². The SMILES string of the molecule is CCC(N)(O)c1c2ccccc2cc2ccccc12. The van der Waals surface area contributed by atoms with Gasteiger partial charge >= 0.3 is 0 Å². The van der Waals surface area contributed by atoms with Crippen molar-refractivity contribution >= 4 is 21.5 Å². The zero-order chi connectivity index (χ0) is 13.5. The zero-order valence-corrected chi connectivity index (χ0v) is 10.9. The summed E-state index contributed by atoms with van der Waals surface area (Å²) < 4.78 is 0. The van der Waals surface area contributed by atoms with Gasteiger partial charge in [-0.25, -0.2) is 0 Å². The van der Waals surface area contributed by atoms with E-state index in [0.717, 1.165) is 27.1 Å². The summed E-state index contributed by atoms with van der Waals surface area (Å²) in [5.74, 6) is 0. The molecule has 0 spiro atoms. The molecular formula is C17H17NO. The normalized spacial score (nSPS) is 14.7. The summed E-state index contributed by atoms with van der Waals surface area (Å²) in [6.45, 7) is 1.90. The summed E-state index contributed by atoms with van der Waals surface area (Å²) in [6.07, 6.45) is 0.477. The Morgan fingerprint density at radius 1 is 0.947 bits per heavy atom. The fourth-order valence-corrected chi connectivity index (χ4v) is 2.66. The van der Waals surface area contributed by atoms with Gasteiger partial charge in [-0.05, 0) is 34.0 Å². The third-order valence-corrected chi connectivity index (χ3v) is 3.74. The molecule has 3 N–H and O–H groups in total. The fourth-order valence-electron chi connectivity index (χ4n) is 2.66. The highest BCUT2D eigenvalue weighted by atomic mass is 16.3. The largest absolute Gasteiger partial charge is 0.372 e. The third kappa shape index (κ3) is 1.89. The minimum absolute atomic E-state index is 0.477. The summed E-state index contributed by atoms with van der Waals surface area (Å²) in [5, 5.41) is 14.8. The van der Waals surface area contributed by atoms with Crippen LogP contribution in [0.5, 0.6) is 0 Å². The Morgan fingerprint density at radius 3 is 1.89 bits per heavy atom. The number of fused-ring (bicyclic) bond motifs is 2. The molecule has 1 unspecified atom stereocenters. The maximum absolute atomic E-state index is 10.6. The summed E-state index contributed by atoms with van der Waals surface area (Å²) in [4.78, 5) is 0. The number of rotatable bonds is 2. The highest BCUT2D eigenvalue weighted by Gasteiger charge is 2.26. The van der Waals surface area contributed by atoms with Gasteiger partial charge in [0.25, 0.3) is 0 Å². The lowest BCUT2D eigenvalue weighted by Crippen LogP contribution is -2.35. The van der Waals surface area contributed by atoms with E-state index in [9.17, 15) is 5.11 Å². The van der Waals surface area contributed by atoms with Crippen LogP contribution in [-0.4, -0.2) is 5.11 Å². The van der Waals surface area contributed by atoms with Gasteiger partial charge in [-0.15, -0.1) is 0 Å². The molecule has 0 radical (unpaired) electrons. The molecule has 0 aliphatic heterocycles.